The second-order valence-electron chi connectivity index (χ2n) is 8.60. The maximum absolute atomic E-state index is 12.5. The average molecular weight is 361 g/mol. The van der Waals surface area contributed by atoms with Gasteiger partial charge >= 0.3 is 5.97 Å². The van der Waals surface area contributed by atoms with Crippen molar-refractivity contribution in [1.82, 2.24) is 0 Å². The molecule has 1 aromatic rings. The molecule has 1 atom stereocenters. The number of carbonyl (C=O) groups is 2. The molecule has 4 aliphatic rings. The molecule has 0 unspecified atom stereocenters. The molecular formula is C21H25ClO3. The minimum absolute atomic E-state index is 0.148. The monoisotopic (exact) mass is 360 g/mol. The van der Waals surface area contributed by atoms with Crippen molar-refractivity contribution in [2.75, 3.05) is 0 Å². The van der Waals surface area contributed by atoms with Gasteiger partial charge in [-0.25, -0.2) is 0 Å². The highest BCUT2D eigenvalue weighted by molar-refractivity contribution is 6.30. The molecule has 4 saturated carbocycles. The smallest absolute Gasteiger partial charge is 0.307 e. The number of hydrogen-bond donors (Lipinski definition) is 0. The first-order valence-electron chi connectivity index (χ1n) is 9.42. The Morgan fingerprint density at radius 3 is 2.12 bits per heavy atom. The number of halogens is 1. The highest BCUT2D eigenvalue weighted by atomic mass is 35.5. The SMILES string of the molecule is C[C@@H](OC(=O)CC12CC3CC(CC(C3)C1)C2)C(=O)c1ccc(Cl)cc1. The lowest BCUT2D eigenvalue weighted by molar-refractivity contribution is -0.154. The van der Waals surface area contributed by atoms with E-state index in [-0.39, 0.29) is 17.2 Å². The summed E-state index contributed by atoms with van der Waals surface area (Å²) in [6.07, 6.45) is 7.34. The topological polar surface area (TPSA) is 43.4 Å². The molecule has 0 aromatic heterocycles. The lowest BCUT2D eigenvalue weighted by Gasteiger charge is -2.56. The summed E-state index contributed by atoms with van der Waals surface area (Å²) in [5, 5.41) is 0.586. The summed E-state index contributed by atoms with van der Waals surface area (Å²) >= 11 is 5.86. The van der Waals surface area contributed by atoms with Gasteiger partial charge in [-0.1, -0.05) is 11.6 Å². The summed E-state index contributed by atoms with van der Waals surface area (Å²) in [6.45, 7) is 1.66. The van der Waals surface area contributed by atoms with E-state index in [0.717, 1.165) is 17.8 Å². The Kier molecular flexibility index (Phi) is 4.39. The Labute approximate surface area is 154 Å². The predicted octanol–water partition coefficient (Wildman–Crippen LogP) is 5.06. The summed E-state index contributed by atoms with van der Waals surface area (Å²) in [6, 6.07) is 6.71. The Morgan fingerprint density at radius 1 is 1.08 bits per heavy atom. The van der Waals surface area contributed by atoms with Crippen LogP contribution in [0.25, 0.3) is 0 Å². The van der Waals surface area contributed by atoms with Crippen molar-refractivity contribution < 1.29 is 14.3 Å². The van der Waals surface area contributed by atoms with Gasteiger partial charge in [-0.15, -0.1) is 0 Å². The van der Waals surface area contributed by atoms with Crippen LogP contribution >= 0.6 is 11.6 Å². The van der Waals surface area contributed by atoms with Gasteiger partial charge in [-0.3, -0.25) is 9.59 Å². The van der Waals surface area contributed by atoms with E-state index in [1.807, 2.05) is 0 Å². The maximum Gasteiger partial charge on any atom is 0.307 e. The van der Waals surface area contributed by atoms with E-state index in [0.29, 0.717) is 17.0 Å². The van der Waals surface area contributed by atoms with Crippen molar-refractivity contribution in [2.24, 2.45) is 23.2 Å². The second-order valence-corrected chi connectivity index (χ2v) is 9.03. The Hall–Kier alpha value is -1.35. The van der Waals surface area contributed by atoms with Gasteiger partial charge < -0.3 is 4.74 Å². The molecule has 0 N–H and O–H groups in total. The highest BCUT2D eigenvalue weighted by Crippen LogP contribution is 2.61. The molecule has 0 spiro atoms. The molecule has 25 heavy (non-hydrogen) atoms. The van der Waals surface area contributed by atoms with E-state index in [1.54, 1.807) is 31.2 Å². The molecule has 4 aliphatic carbocycles. The number of esters is 1. The minimum Gasteiger partial charge on any atom is -0.454 e. The summed E-state index contributed by atoms with van der Waals surface area (Å²) in [5.74, 6) is 2.05. The van der Waals surface area contributed by atoms with Crippen LogP contribution in [0.4, 0.5) is 0 Å². The fraction of sp³-hybridized carbons (Fsp3) is 0.619. The third-order valence-corrected chi connectivity index (χ3v) is 6.74. The summed E-state index contributed by atoms with van der Waals surface area (Å²) in [5.41, 5.74) is 0.675. The second kappa shape index (κ2) is 6.42. The number of Topliss-reactive ketones (excluding diaryl/α,β-unsaturated/α-hetero) is 1. The predicted molar refractivity (Wildman–Crippen MR) is 96.6 cm³/mol. The minimum atomic E-state index is -0.748. The Morgan fingerprint density at radius 2 is 1.60 bits per heavy atom. The van der Waals surface area contributed by atoms with Crippen molar-refractivity contribution >= 4 is 23.4 Å². The van der Waals surface area contributed by atoms with Crippen molar-refractivity contribution in [1.29, 1.82) is 0 Å². The molecule has 3 nitrogen and oxygen atoms in total. The van der Waals surface area contributed by atoms with Crippen LogP contribution in [0.1, 0.15) is 62.2 Å². The van der Waals surface area contributed by atoms with Gasteiger partial charge in [0.15, 0.2) is 6.10 Å². The number of carbonyl (C=O) groups excluding carboxylic acids is 2. The van der Waals surface area contributed by atoms with E-state index in [4.69, 9.17) is 16.3 Å². The van der Waals surface area contributed by atoms with Gasteiger partial charge in [-0.05, 0) is 92.9 Å². The molecule has 0 heterocycles. The highest BCUT2D eigenvalue weighted by Gasteiger charge is 2.51. The van der Waals surface area contributed by atoms with Crippen LogP contribution < -0.4 is 0 Å². The van der Waals surface area contributed by atoms with Gasteiger partial charge in [0, 0.05) is 10.6 Å². The van der Waals surface area contributed by atoms with E-state index in [2.05, 4.69) is 0 Å². The number of hydrogen-bond acceptors (Lipinski definition) is 3. The molecule has 4 heteroatoms. The van der Waals surface area contributed by atoms with Gasteiger partial charge in [0.1, 0.15) is 0 Å². The number of benzene rings is 1. The molecule has 5 rings (SSSR count). The van der Waals surface area contributed by atoms with Crippen LogP contribution in [0.3, 0.4) is 0 Å². The lowest BCUT2D eigenvalue weighted by atomic mass is 9.49. The molecule has 0 radical (unpaired) electrons. The van der Waals surface area contributed by atoms with Gasteiger partial charge in [0.25, 0.3) is 0 Å². The van der Waals surface area contributed by atoms with Gasteiger partial charge in [0.2, 0.25) is 5.78 Å². The van der Waals surface area contributed by atoms with E-state index >= 15 is 0 Å². The zero-order chi connectivity index (χ0) is 17.6. The Balaban J connectivity index is 1.37. The number of ketones is 1. The van der Waals surface area contributed by atoms with E-state index in [1.165, 1.54) is 38.5 Å². The molecule has 4 fully saturated rings. The van der Waals surface area contributed by atoms with Crippen LogP contribution in [0.5, 0.6) is 0 Å². The fourth-order valence-electron chi connectivity index (χ4n) is 5.95. The van der Waals surface area contributed by atoms with Crippen molar-refractivity contribution in [3.63, 3.8) is 0 Å². The average Bonchev–Trinajstić information content (AvgIpc) is 2.52. The zero-order valence-electron chi connectivity index (χ0n) is 14.7. The quantitative estimate of drug-likeness (QED) is 0.544. The lowest BCUT2D eigenvalue weighted by Crippen LogP contribution is -2.47. The van der Waals surface area contributed by atoms with E-state index in [9.17, 15) is 9.59 Å². The summed E-state index contributed by atoms with van der Waals surface area (Å²) in [7, 11) is 0. The fourth-order valence-corrected chi connectivity index (χ4v) is 6.08. The number of rotatable bonds is 5. The molecule has 4 bridgehead atoms. The molecule has 0 aliphatic heterocycles. The summed E-state index contributed by atoms with van der Waals surface area (Å²) < 4.78 is 5.51. The molecule has 0 saturated heterocycles. The van der Waals surface area contributed by atoms with Gasteiger partial charge in [-0.2, -0.15) is 0 Å². The molecule has 0 amide bonds. The first-order chi connectivity index (χ1) is 11.9. The third kappa shape index (κ3) is 3.48. The third-order valence-electron chi connectivity index (χ3n) is 6.49. The first kappa shape index (κ1) is 17.1. The molecule has 1 aromatic carbocycles. The zero-order valence-corrected chi connectivity index (χ0v) is 15.4. The molecular weight excluding hydrogens is 336 g/mol. The largest absolute Gasteiger partial charge is 0.454 e. The van der Waals surface area contributed by atoms with Crippen molar-refractivity contribution in [3.05, 3.63) is 34.9 Å². The standard InChI is InChI=1S/C21H25ClO3/c1-13(20(24)17-2-4-18(22)5-3-17)25-19(23)12-21-9-14-6-15(10-21)8-16(7-14)11-21/h2-5,13-16H,6-12H2,1H3/t13-,14?,15?,16?,21?/m1/s1. The normalized spacial score (nSPS) is 33.9. The van der Waals surface area contributed by atoms with Crippen LogP contribution in [0.2, 0.25) is 5.02 Å². The number of ether oxygens (including phenoxy) is 1. The van der Waals surface area contributed by atoms with Crippen LogP contribution in [0.15, 0.2) is 24.3 Å². The van der Waals surface area contributed by atoms with Crippen molar-refractivity contribution in [3.8, 4) is 0 Å². The first-order valence-corrected chi connectivity index (χ1v) is 9.79. The summed E-state index contributed by atoms with van der Waals surface area (Å²) in [4.78, 5) is 25.0. The van der Waals surface area contributed by atoms with Crippen LogP contribution in [-0.2, 0) is 9.53 Å². The van der Waals surface area contributed by atoms with E-state index < -0.39 is 6.10 Å². The van der Waals surface area contributed by atoms with Crippen molar-refractivity contribution in [2.45, 2.75) is 58.0 Å². The maximum atomic E-state index is 12.5. The van der Waals surface area contributed by atoms with Crippen LogP contribution in [-0.4, -0.2) is 17.9 Å². The Bertz CT molecular complexity index is 644. The molecule has 134 valence electrons. The van der Waals surface area contributed by atoms with Crippen LogP contribution in [0, 0.1) is 23.2 Å². The van der Waals surface area contributed by atoms with Gasteiger partial charge in [0.05, 0.1) is 6.42 Å².